The molecule has 0 rings (SSSR count). The van der Waals surface area contributed by atoms with Crippen LogP contribution in [-0.2, 0) is 14.3 Å². The van der Waals surface area contributed by atoms with Crippen molar-refractivity contribution in [3.8, 4) is 0 Å². The molecule has 0 fully saturated rings. The van der Waals surface area contributed by atoms with E-state index < -0.39 is 14.9 Å². The monoisotopic (exact) mass is 194 g/mol. The van der Waals surface area contributed by atoms with E-state index in [9.17, 15) is 8.42 Å². The Balaban J connectivity index is 5.14. The molecule has 0 N–H and O–H groups in total. The van der Waals surface area contributed by atoms with Gasteiger partial charge < -0.3 is 0 Å². The Morgan fingerprint density at radius 2 is 1.33 bits per heavy atom. The molecule has 0 aromatic carbocycles. The molecule has 0 aromatic rings. The van der Waals surface area contributed by atoms with Gasteiger partial charge in [-0.15, -0.1) is 0 Å². The zero-order valence-corrected chi connectivity index (χ0v) is 9.45. The highest BCUT2D eigenvalue weighted by Gasteiger charge is 2.44. The van der Waals surface area contributed by atoms with Crippen LogP contribution in [-0.4, -0.2) is 20.3 Å². The molecule has 0 unspecified atom stereocenters. The van der Waals surface area contributed by atoms with E-state index >= 15 is 0 Å². The zero-order chi connectivity index (χ0) is 10.2. The predicted octanol–water partition coefficient (Wildman–Crippen LogP) is 1.79. The van der Waals surface area contributed by atoms with Gasteiger partial charge in [0.05, 0.1) is 11.9 Å². The van der Waals surface area contributed by atoms with E-state index in [0.29, 0.717) is 0 Å². The van der Waals surface area contributed by atoms with Crippen LogP contribution in [0, 0.1) is 5.41 Å². The first-order valence-corrected chi connectivity index (χ1v) is 5.27. The van der Waals surface area contributed by atoms with E-state index in [1.165, 1.54) is 7.11 Å². The molecule has 0 amide bonds. The molecule has 0 aromatic heterocycles. The second-order valence-corrected chi connectivity index (χ2v) is 6.64. The van der Waals surface area contributed by atoms with Gasteiger partial charge in [0.2, 0.25) is 0 Å². The van der Waals surface area contributed by atoms with Crippen LogP contribution in [0.2, 0.25) is 0 Å². The van der Waals surface area contributed by atoms with E-state index in [4.69, 9.17) is 0 Å². The fraction of sp³-hybridized carbons (Fsp3) is 1.00. The van der Waals surface area contributed by atoms with Crippen LogP contribution >= 0.6 is 0 Å². The van der Waals surface area contributed by atoms with Crippen molar-refractivity contribution in [2.75, 3.05) is 7.11 Å². The lowest BCUT2D eigenvalue weighted by Gasteiger charge is -2.36. The van der Waals surface area contributed by atoms with Crippen LogP contribution in [0.4, 0.5) is 0 Å². The Labute approximate surface area is 75.2 Å². The van der Waals surface area contributed by atoms with Crippen LogP contribution in [0.3, 0.4) is 0 Å². The van der Waals surface area contributed by atoms with Gasteiger partial charge in [-0.05, 0) is 19.3 Å². The summed E-state index contributed by atoms with van der Waals surface area (Å²) in [7, 11) is -2.26. The first-order chi connectivity index (χ1) is 5.06. The predicted molar refractivity (Wildman–Crippen MR) is 49.5 cm³/mol. The molecule has 0 radical (unpaired) electrons. The molecule has 0 aliphatic heterocycles. The molecule has 0 aliphatic carbocycles. The fourth-order valence-electron chi connectivity index (χ4n) is 0.583. The molecule has 74 valence electrons. The second kappa shape index (κ2) is 3.00. The molecule has 0 aliphatic rings. The van der Waals surface area contributed by atoms with E-state index in [1.807, 2.05) is 20.8 Å². The van der Waals surface area contributed by atoms with Crippen molar-refractivity contribution in [2.45, 2.75) is 39.4 Å². The number of hydrogen-bond donors (Lipinski definition) is 0. The Bertz CT molecular complexity index is 244. The Hall–Kier alpha value is -0.0900. The summed E-state index contributed by atoms with van der Waals surface area (Å²) < 4.78 is 26.5. The second-order valence-electron chi connectivity index (χ2n) is 4.38. The van der Waals surface area contributed by atoms with Gasteiger partial charge in [0.1, 0.15) is 0 Å². The average Bonchev–Trinajstić information content (AvgIpc) is 1.85. The third kappa shape index (κ3) is 1.80. The van der Waals surface area contributed by atoms with Gasteiger partial charge in [0, 0.05) is 0 Å². The molecule has 0 atom stereocenters. The first-order valence-electron chi connectivity index (χ1n) is 3.86. The lowest BCUT2D eigenvalue weighted by atomic mass is 9.83. The molecule has 0 heterocycles. The van der Waals surface area contributed by atoms with E-state index in [0.717, 1.165) is 0 Å². The van der Waals surface area contributed by atoms with Gasteiger partial charge in [0.15, 0.2) is 0 Å². The summed E-state index contributed by atoms with van der Waals surface area (Å²) in [5.74, 6) is 0. The van der Waals surface area contributed by atoms with Crippen molar-refractivity contribution in [3.05, 3.63) is 0 Å². The number of hydrogen-bond acceptors (Lipinski definition) is 3. The molecular weight excluding hydrogens is 176 g/mol. The van der Waals surface area contributed by atoms with Gasteiger partial charge in [-0.2, -0.15) is 8.42 Å². The average molecular weight is 194 g/mol. The van der Waals surface area contributed by atoms with E-state index in [-0.39, 0.29) is 5.41 Å². The van der Waals surface area contributed by atoms with Gasteiger partial charge >= 0.3 is 0 Å². The molecule has 0 saturated heterocycles. The normalized spacial score (nSPS) is 14.8. The summed E-state index contributed by atoms with van der Waals surface area (Å²) in [4.78, 5) is 0. The Kier molecular flexibility index (Phi) is 2.97. The zero-order valence-electron chi connectivity index (χ0n) is 8.63. The third-order valence-corrected chi connectivity index (χ3v) is 4.95. The molecule has 4 heteroatoms. The van der Waals surface area contributed by atoms with E-state index in [2.05, 4.69) is 4.18 Å². The summed E-state index contributed by atoms with van der Waals surface area (Å²) in [5.41, 5.74) is -0.332. The van der Waals surface area contributed by atoms with Gasteiger partial charge in [0.25, 0.3) is 10.1 Å². The van der Waals surface area contributed by atoms with Crippen LogP contribution < -0.4 is 0 Å². The molecule has 0 spiro atoms. The lowest BCUT2D eigenvalue weighted by molar-refractivity contribution is 0.267. The summed E-state index contributed by atoms with van der Waals surface area (Å²) in [6.45, 7) is 8.98. The fourth-order valence-corrected chi connectivity index (χ4v) is 1.75. The van der Waals surface area contributed by atoms with Gasteiger partial charge in [-0.3, -0.25) is 4.18 Å². The largest absolute Gasteiger partial charge is 0.273 e. The van der Waals surface area contributed by atoms with E-state index in [1.54, 1.807) is 13.8 Å². The third-order valence-electron chi connectivity index (χ3n) is 2.65. The van der Waals surface area contributed by atoms with Gasteiger partial charge in [-0.25, -0.2) is 0 Å². The van der Waals surface area contributed by atoms with Crippen LogP contribution in [0.25, 0.3) is 0 Å². The van der Waals surface area contributed by atoms with Crippen molar-refractivity contribution < 1.29 is 12.6 Å². The maximum Gasteiger partial charge on any atom is 0.272 e. The van der Waals surface area contributed by atoms with Crippen LogP contribution in [0.1, 0.15) is 34.6 Å². The van der Waals surface area contributed by atoms with Crippen LogP contribution in [0.15, 0.2) is 0 Å². The molecule has 12 heavy (non-hydrogen) atoms. The molecular formula is C8H18O3S. The van der Waals surface area contributed by atoms with Crippen LogP contribution in [0.5, 0.6) is 0 Å². The highest BCUT2D eigenvalue weighted by Crippen LogP contribution is 2.36. The summed E-state index contributed by atoms with van der Waals surface area (Å²) in [6, 6.07) is 0. The van der Waals surface area contributed by atoms with Crippen molar-refractivity contribution in [3.63, 3.8) is 0 Å². The number of rotatable bonds is 2. The van der Waals surface area contributed by atoms with Crippen molar-refractivity contribution in [1.82, 2.24) is 0 Å². The SMILES string of the molecule is COS(=O)(=O)C(C)(C)C(C)(C)C. The maximum atomic E-state index is 11.4. The van der Waals surface area contributed by atoms with Crippen molar-refractivity contribution in [2.24, 2.45) is 5.41 Å². The summed E-state index contributed by atoms with van der Waals surface area (Å²) in [6.07, 6.45) is 0. The van der Waals surface area contributed by atoms with Crippen molar-refractivity contribution in [1.29, 1.82) is 0 Å². The standard InChI is InChI=1S/C8H18O3S/c1-7(2,3)8(4,5)12(9,10)11-6/h1-6H3. The highest BCUT2D eigenvalue weighted by atomic mass is 32.2. The maximum absolute atomic E-state index is 11.4. The lowest BCUT2D eigenvalue weighted by Crippen LogP contribution is -2.44. The minimum absolute atomic E-state index is 0.332. The smallest absolute Gasteiger partial charge is 0.272 e. The molecule has 0 bridgehead atoms. The molecule has 3 nitrogen and oxygen atoms in total. The first kappa shape index (κ1) is 11.9. The topological polar surface area (TPSA) is 43.4 Å². The minimum atomic E-state index is -3.46. The van der Waals surface area contributed by atoms with Crippen molar-refractivity contribution >= 4 is 10.1 Å². The summed E-state index contributed by atoms with van der Waals surface area (Å²) in [5, 5.41) is 0. The molecule has 0 saturated carbocycles. The van der Waals surface area contributed by atoms with Gasteiger partial charge in [-0.1, -0.05) is 20.8 Å². The Morgan fingerprint density at radius 3 is 1.42 bits per heavy atom. The Morgan fingerprint density at radius 1 is 1.00 bits per heavy atom. The highest BCUT2D eigenvalue weighted by molar-refractivity contribution is 7.88. The minimum Gasteiger partial charge on any atom is -0.273 e. The summed E-state index contributed by atoms with van der Waals surface area (Å²) >= 11 is 0. The quantitative estimate of drug-likeness (QED) is 0.629.